The minimum atomic E-state index is -0.653. The summed E-state index contributed by atoms with van der Waals surface area (Å²) < 4.78 is 0. The Labute approximate surface area is 109 Å². The van der Waals surface area contributed by atoms with Gasteiger partial charge in [0.15, 0.2) is 0 Å². The van der Waals surface area contributed by atoms with Gasteiger partial charge in [-0.15, -0.1) is 11.3 Å². The van der Waals surface area contributed by atoms with E-state index in [1.54, 1.807) is 0 Å². The second-order valence-electron chi connectivity index (χ2n) is 4.94. The SMILES string of the molecule is CC1(CNc2sc(C(N)=O)c(N)c2C(N)=O)CC1. The van der Waals surface area contributed by atoms with Gasteiger partial charge in [0.1, 0.15) is 9.88 Å². The molecule has 0 atom stereocenters. The Balaban J connectivity index is 2.29. The average molecular weight is 268 g/mol. The monoisotopic (exact) mass is 268 g/mol. The fourth-order valence-corrected chi connectivity index (χ4v) is 2.65. The van der Waals surface area contributed by atoms with Crippen molar-refractivity contribution in [1.29, 1.82) is 0 Å². The zero-order valence-electron chi connectivity index (χ0n) is 10.1. The molecule has 6 nitrogen and oxygen atoms in total. The van der Waals surface area contributed by atoms with Crippen LogP contribution in [-0.2, 0) is 0 Å². The first-order valence-electron chi connectivity index (χ1n) is 5.60. The highest BCUT2D eigenvalue weighted by Gasteiger charge is 2.37. The summed E-state index contributed by atoms with van der Waals surface area (Å²) in [5.74, 6) is -1.30. The fraction of sp³-hybridized carbons (Fsp3) is 0.455. The third-order valence-corrected chi connectivity index (χ3v) is 4.37. The van der Waals surface area contributed by atoms with Gasteiger partial charge in [0.05, 0.1) is 11.3 Å². The lowest BCUT2D eigenvalue weighted by Crippen LogP contribution is -2.18. The minimum Gasteiger partial charge on any atom is -0.397 e. The van der Waals surface area contributed by atoms with Crippen LogP contribution in [0.25, 0.3) is 0 Å². The number of nitrogen functional groups attached to an aromatic ring is 1. The zero-order chi connectivity index (χ0) is 13.5. The van der Waals surface area contributed by atoms with E-state index in [2.05, 4.69) is 12.2 Å². The van der Waals surface area contributed by atoms with E-state index in [1.165, 1.54) is 0 Å². The van der Waals surface area contributed by atoms with Gasteiger partial charge in [-0.3, -0.25) is 9.59 Å². The maximum atomic E-state index is 11.4. The van der Waals surface area contributed by atoms with Gasteiger partial charge in [0.2, 0.25) is 0 Å². The Bertz CT molecular complexity index is 519. The van der Waals surface area contributed by atoms with E-state index in [0.29, 0.717) is 5.00 Å². The number of nitrogens with one attached hydrogen (secondary N) is 1. The number of hydrogen-bond donors (Lipinski definition) is 4. The Kier molecular flexibility index (Phi) is 2.94. The highest BCUT2D eigenvalue weighted by Crippen LogP contribution is 2.45. The molecular formula is C11H16N4O2S. The smallest absolute Gasteiger partial charge is 0.260 e. The molecule has 0 radical (unpaired) electrons. The molecular weight excluding hydrogens is 252 g/mol. The number of hydrogen-bond acceptors (Lipinski definition) is 5. The molecule has 0 spiro atoms. The Hall–Kier alpha value is -1.76. The first-order chi connectivity index (χ1) is 8.34. The van der Waals surface area contributed by atoms with E-state index in [4.69, 9.17) is 17.2 Å². The molecule has 7 heteroatoms. The van der Waals surface area contributed by atoms with Gasteiger partial charge < -0.3 is 22.5 Å². The largest absolute Gasteiger partial charge is 0.397 e. The second-order valence-corrected chi connectivity index (χ2v) is 5.96. The van der Waals surface area contributed by atoms with Crippen LogP contribution in [0.1, 0.15) is 39.8 Å². The summed E-state index contributed by atoms with van der Waals surface area (Å²) in [5.41, 5.74) is 16.7. The van der Waals surface area contributed by atoms with E-state index >= 15 is 0 Å². The summed E-state index contributed by atoms with van der Waals surface area (Å²) in [6.07, 6.45) is 2.30. The third-order valence-electron chi connectivity index (χ3n) is 3.19. The molecule has 1 saturated carbocycles. The predicted octanol–water partition coefficient (Wildman–Crippen LogP) is 0.740. The number of thiophene rings is 1. The highest BCUT2D eigenvalue weighted by molar-refractivity contribution is 7.19. The Morgan fingerprint density at radius 1 is 1.33 bits per heavy atom. The predicted molar refractivity (Wildman–Crippen MR) is 71.6 cm³/mol. The maximum Gasteiger partial charge on any atom is 0.260 e. The van der Waals surface area contributed by atoms with Gasteiger partial charge in [-0.05, 0) is 18.3 Å². The summed E-state index contributed by atoms with van der Waals surface area (Å²) in [6.45, 7) is 2.88. The van der Waals surface area contributed by atoms with Crippen LogP contribution in [0.5, 0.6) is 0 Å². The van der Waals surface area contributed by atoms with Crippen molar-refractivity contribution >= 4 is 33.8 Å². The van der Waals surface area contributed by atoms with Crippen LogP contribution < -0.4 is 22.5 Å². The van der Waals surface area contributed by atoms with Crippen LogP contribution >= 0.6 is 11.3 Å². The molecule has 7 N–H and O–H groups in total. The summed E-state index contributed by atoms with van der Waals surface area (Å²) >= 11 is 1.08. The van der Waals surface area contributed by atoms with Crippen LogP contribution in [0.3, 0.4) is 0 Å². The van der Waals surface area contributed by atoms with E-state index < -0.39 is 11.8 Å². The quantitative estimate of drug-likeness (QED) is 0.628. The molecule has 0 aliphatic heterocycles. The molecule has 1 aliphatic carbocycles. The summed E-state index contributed by atoms with van der Waals surface area (Å²) in [6, 6.07) is 0. The minimum absolute atomic E-state index is 0.0726. The van der Waals surface area contributed by atoms with Gasteiger partial charge in [0.25, 0.3) is 11.8 Å². The molecule has 0 aromatic carbocycles. The molecule has 0 bridgehead atoms. The summed E-state index contributed by atoms with van der Waals surface area (Å²) in [5, 5.41) is 3.67. The molecule has 1 aliphatic rings. The third kappa shape index (κ3) is 2.26. The van der Waals surface area contributed by atoms with Crippen molar-refractivity contribution in [2.45, 2.75) is 19.8 Å². The fourth-order valence-electron chi connectivity index (χ4n) is 1.68. The number of carbonyl (C=O) groups is 2. The molecule has 0 unspecified atom stereocenters. The normalized spacial score (nSPS) is 16.3. The second kappa shape index (κ2) is 4.16. The molecule has 98 valence electrons. The molecule has 18 heavy (non-hydrogen) atoms. The summed E-state index contributed by atoms with van der Waals surface area (Å²) in [4.78, 5) is 22.7. The van der Waals surface area contributed by atoms with Crippen molar-refractivity contribution in [1.82, 2.24) is 0 Å². The number of carbonyl (C=O) groups excluding carboxylic acids is 2. The lowest BCUT2D eigenvalue weighted by molar-refractivity contribution is 0.0999. The van der Waals surface area contributed by atoms with Gasteiger partial charge in [-0.2, -0.15) is 0 Å². The van der Waals surface area contributed by atoms with Crippen LogP contribution in [-0.4, -0.2) is 18.4 Å². The molecule has 2 rings (SSSR count). The molecule has 1 fully saturated rings. The maximum absolute atomic E-state index is 11.4. The van der Waals surface area contributed by atoms with Gasteiger partial charge >= 0.3 is 0 Å². The highest BCUT2D eigenvalue weighted by atomic mass is 32.1. The van der Waals surface area contributed by atoms with Crippen LogP contribution in [0, 0.1) is 5.41 Å². The van der Waals surface area contributed by atoms with E-state index in [0.717, 1.165) is 30.7 Å². The number of primary amides is 2. The van der Waals surface area contributed by atoms with Crippen LogP contribution in [0.2, 0.25) is 0 Å². The average Bonchev–Trinajstić information content (AvgIpc) is 2.88. The molecule has 1 aromatic rings. The first kappa shape index (κ1) is 12.7. The summed E-state index contributed by atoms with van der Waals surface area (Å²) in [7, 11) is 0. The van der Waals surface area contributed by atoms with Crippen LogP contribution in [0.4, 0.5) is 10.7 Å². The topological polar surface area (TPSA) is 124 Å². The van der Waals surface area contributed by atoms with E-state index in [9.17, 15) is 9.59 Å². The van der Waals surface area contributed by atoms with E-state index in [-0.39, 0.29) is 21.5 Å². The lowest BCUT2D eigenvalue weighted by Gasteiger charge is -2.10. The zero-order valence-corrected chi connectivity index (χ0v) is 10.9. The Morgan fingerprint density at radius 3 is 2.39 bits per heavy atom. The van der Waals surface area contributed by atoms with Crippen molar-refractivity contribution in [2.24, 2.45) is 16.9 Å². The lowest BCUT2D eigenvalue weighted by atomic mass is 10.1. The standard InChI is InChI=1S/C11H16N4O2S/c1-11(2-3-11)4-15-10-5(8(13)16)6(12)7(18-10)9(14)17/h15H,2-4,12H2,1H3,(H2,13,16)(H2,14,17). The molecule has 1 aromatic heterocycles. The van der Waals surface area contributed by atoms with Gasteiger partial charge in [-0.1, -0.05) is 6.92 Å². The number of nitrogens with two attached hydrogens (primary N) is 3. The van der Waals surface area contributed by atoms with Crippen molar-refractivity contribution in [3.05, 3.63) is 10.4 Å². The van der Waals surface area contributed by atoms with E-state index in [1.807, 2.05) is 0 Å². The van der Waals surface area contributed by atoms with Crippen molar-refractivity contribution in [3.63, 3.8) is 0 Å². The molecule has 1 heterocycles. The van der Waals surface area contributed by atoms with Crippen molar-refractivity contribution in [2.75, 3.05) is 17.6 Å². The number of anilines is 2. The van der Waals surface area contributed by atoms with Crippen molar-refractivity contribution < 1.29 is 9.59 Å². The number of amides is 2. The first-order valence-corrected chi connectivity index (χ1v) is 6.41. The molecule has 2 amide bonds. The van der Waals surface area contributed by atoms with Gasteiger partial charge in [0, 0.05) is 6.54 Å². The Morgan fingerprint density at radius 2 is 1.94 bits per heavy atom. The van der Waals surface area contributed by atoms with Crippen molar-refractivity contribution in [3.8, 4) is 0 Å². The molecule has 0 saturated heterocycles. The van der Waals surface area contributed by atoms with Gasteiger partial charge in [-0.25, -0.2) is 0 Å². The number of rotatable bonds is 5. The van der Waals surface area contributed by atoms with Crippen LogP contribution in [0.15, 0.2) is 0 Å².